The Morgan fingerprint density at radius 1 is 0.833 bits per heavy atom. The van der Waals surface area contributed by atoms with Crippen molar-refractivity contribution in [3.8, 4) is 0 Å². The molecule has 4 heteroatoms. The monoisotopic (exact) mass is 319 g/mol. The molecule has 1 aromatic heterocycles. The van der Waals surface area contributed by atoms with Gasteiger partial charge in [0.2, 0.25) is 5.76 Å². The van der Waals surface area contributed by atoms with Crippen LogP contribution in [0.3, 0.4) is 0 Å². The molecule has 24 heavy (non-hydrogen) atoms. The molecule has 0 radical (unpaired) electrons. The van der Waals surface area contributed by atoms with Crippen molar-refractivity contribution in [3.63, 3.8) is 0 Å². The molecule has 0 aliphatic heterocycles. The third-order valence-electron chi connectivity index (χ3n) is 3.79. The van der Waals surface area contributed by atoms with Gasteiger partial charge in [-0.25, -0.2) is 0 Å². The topological polar surface area (TPSA) is 56.3 Å². The molecule has 0 spiro atoms. The van der Waals surface area contributed by atoms with E-state index in [-0.39, 0.29) is 10.6 Å². The van der Waals surface area contributed by atoms with Gasteiger partial charge in [0.05, 0.1) is 11.2 Å². The number of hydrogen-bond acceptors (Lipinski definition) is 3. The van der Waals surface area contributed by atoms with Gasteiger partial charge in [0.1, 0.15) is 0 Å². The fraction of sp³-hybridized carbons (Fsp3) is 0.100. The number of allylic oxidation sites excluding steroid dienone is 1. The maximum atomic E-state index is 11.7. The number of furan rings is 1. The van der Waals surface area contributed by atoms with Crippen molar-refractivity contribution in [1.82, 2.24) is 0 Å². The van der Waals surface area contributed by atoms with E-state index in [1.54, 1.807) is 12.1 Å². The van der Waals surface area contributed by atoms with E-state index in [1.807, 2.05) is 60.7 Å². The Labute approximate surface area is 140 Å². The molecule has 120 valence electrons. The summed E-state index contributed by atoms with van der Waals surface area (Å²) in [6, 6.07) is 22.8. The van der Waals surface area contributed by atoms with E-state index in [2.05, 4.69) is 0 Å². The lowest BCUT2D eigenvalue weighted by atomic mass is 9.96. The van der Waals surface area contributed by atoms with Crippen molar-refractivity contribution < 1.29 is 9.34 Å². The van der Waals surface area contributed by atoms with Gasteiger partial charge in [-0.15, -0.1) is 0 Å². The Morgan fingerprint density at radius 2 is 1.38 bits per heavy atom. The second-order valence-electron chi connectivity index (χ2n) is 5.51. The van der Waals surface area contributed by atoms with Crippen LogP contribution in [0.25, 0.3) is 5.70 Å². The smallest absolute Gasteiger partial charge is 0.311 e. The van der Waals surface area contributed by atoms with Crippen LogP contribution in [0.2, 0.25) is 0 Å². The minimum atomic E-state index is -0.347. The Hall–Kier alpha value is -3.14. The van der Waals surface area contributed by atoms with Crippen LogP contribution in [-0.2, 0) is 12.8 Å². The lowest BCUT2D eigenvalue weighted by Crippen LogP contribution is -2.07. The number of hydrogen-bond donors (Lipinski definition) is 0. The van der Waals surface area contributed by atoms with E-state index in [0.29, 0.717) is 18.6 Å². The summed E-state index contributed by atoms with van der Waals surface area (Å²) in [7, 11) is 0. The summed E-state index contributed by atoms with van der Waals surface area (Å²) >= 11 is 0. The molecule has 0 unspecified atom stereocenters. The molecule has 0 fully saturated rings. The Kier molecular flexibility index (Phi) is 4.87. The number of nitro groups is 1. The molecule has 0 amide bonds. The van der Waals surface area contributed by atoms with E-state index >= 15 is 0 Å². The highest BCUT2D eigenvalue weighted by Crippen LogP contribution is 2.25. The molecule has 0 N–H and O–H groups in total. The van der Waals surface area contributed by atoms with Gasteiger partial charge in [0.25, 0.3) is 0 Å². The van der Waals surface area contributed by atoms with Crippen LogP contribution in [-0.4, -0.2) is 4.92 Å². The van der Waals surface area contributed by atoms with E-state index in [1.165, 1.54) is 6.26 Å². The summed E-state index contributed by atoms with van der Waals surface area (Å²) in [5.41, 5.74) is 2.85. The first-order valence-electron chi connectivity index (χ1n) is 7.72. The molecule has 1 heterocycles. The van der Waals surface area contributed by atoms with Crippen molar-refractivity contribution in [3.05, 3.63) is 112 Å². The molecular formula is C20H17NO3. The fourth-order valence-corrected chi connectivity index (χ4v) is 2.72. The lowest BCUT2D eigenvalue weighted by molar-refractivity contribution is -0.377. The summed E-state index contributed by atoms with van der Waals surface area (Å²) in [4.78, 5) is 11.4. The van der Waals surface area contributed by atoms with Crippen LogP contribution < -0.4 is 0 Å². The fourth-order valence-electron chi connectivity index (χ4n) is 2.72. The van der Waals surface area contributed by atoms with Crippen LogP contribution in [0.1, 0.15) is 16.9 Å². The average molecular weight is 319 g/mol. The standard InChI is InChI=1S/C20H17NO3/c22-21(23)20(19-12-7-13-24-19)18(14-16-8-3-1-4-9-16)15-17-10-5-2-6-11-17/h1-13H,14-15H2. The molecular weight excluding hydrogens is 302 g/mol. The van der Waals surface area contributed by atoms with Crippen LogP contribution in [0.5, 0.6) is 0 Å². The molecule has 0 saturated heterocycles. The van der Waals surface area contributed by atoms with Crippen molar-refractivity contribution >= 4 is 5.70 Å². The quantitative estimate of drug-likeness (QED) is 0.486. The maximum Gasteiger partial charge on any atom is 0.311 e. The van der Waals surface area contributed by atoms with Crippen molar-refractivity contribution in [2.75, 3.05) is 0 Å². The number of nitrogens with zero attached hydrogens (tertiary/aromatic N) is 1. The van der Waals surface area contributed by atoms with E-state index in [4.69, 9.17) is 4.42 Å². The SMILES string of the molecule is O=[N+]([O-])C(=C(Cc1ccccc1)Cc1ccccc1)c1ccco1. The summed E-state index contributed by atoms with van der Waals surface area (Å²) in [5, 5.41) is 11.7. The van der Waals surface area contributed by atoms with Gasteiger partial charge in [-0.2, -0.15) is 0 Å². The zero-order valence-corrected chi connectivity index (χ0v) is 13.1. The molecule has 0 aliphatic rings. The van der Waals surface area contributed by atoms with E-state index < -0.39 is 0 Å². The average Bonchev–Trinajstić information content (AvgIpc) is 3.10. The Bertz CT molecular complexity index is 778. The molecule has 3 aromatic rings. The first-order chi connectivity index (χ1) is 11.7. The molecule has 3 rings (SSSR count). The van der Waals surface area contributed by atoms with Crippen molar-refractivity contribution in [2.24, 2.45) is 0 Å². The predicted molar refractivity (Wildman–Crippen MR) is 92.9 cm³/mol. The molecule has 0 aliphatic carbocycles. The Balaban J connectivity index is 2.05. The minimum absolute atomic E-state index is 0.0488. The van der Waals surface area contributed by atoms with Gasteiger partial charge in [-0.1, -0.05) is 60.7 Å². The molecule has 0 bridgehead atoms. The zero-order chi connectivity index (χ0) is 16.8. The van der Waals surface area contributed by atoms with Crippen LogP contribution >= 0.6 is 0 Å². The van der Waals surface area contributed by atoms with E-state index in [0.717, 1.165) is 16.7 Å². The first-order valence-corrected chi connectivity index (χ1v) is 7.72. The van der Waals surface area contributed by atoms with Gasteiger partial charge in [0, 0.05) is 18.4 Å². The third kappa shape index (κ3) is 3.79. The largest absolute Gasteiger partial charge is 0.458 e. The highest BCUT2D eigenvalue weighted by Gasteiger charge is 2.24. The second-order valence-corrected chi connectivity index (χ2v) is 5.51. The van der Waals surface area contributed by atoms with Gasteiger partial charge in [-0.3, -0.25) is 10.1 Å². The lowest BCUT2D eigenvalue weighted by Gasteiger charge is -2.09. The molecule has 2 aromatic carbocycles. The second kappa shape index (κ2) is 7.42. The van der Waals surface area contributed by atoms with Gasteiger partial charge in [-0.05, 0) is 23.3 Å². The first kappa shape index (κ1) is 15.7. The summed E-state index contributed by atoms with van der Waals surface area (Å²) in [6.07, 6.45) is 2.47. The molecule has 0 atom stereocenters. The summed E-state index contributed by atoms with van der Waals surface area (Å²) in [5.74, 6) is 0.293. The number of benzene rings is 2. The minimum Gasteiger partial charge on any atom is -0.458 e. The van der Waals surface area contributed by atoms with Crippen molar-refractivity contribution in [2.45, 2.75) is 12.8 Å². The Morgan fingerprint density at radius 3 is 1.79 bits per heavy atom. The van der Waals surface area contributed by atoms with Gasteiger partial charge >= 0.3 is 5.70 Å². The summed E-state index contributed by atoms with van der Waals surface area (Å²) < 4.78 is 5.31. The predicted octanol–water partition coefficient (Wildman–Crippen LogP) is 4.75. The number of rotatable bonds is 6. The highest BCUT2D eigenvalue weighted by atomic mass is 16.6. The van der Waals surface area contributed by atoms with Crippen LogP contribution in [0.15, 0.2) is 89.0 Å². The van der Waals surface area contributed by atoms with Gasteiger partial charge < -0.3 is 4.42 Å². The van der Waals surface area contributed by atoms with Crippen LogP contribution in [0.4, 0.5) is 0 Å². The van der Waals surface area contributed by atoms with Gasteiger partial charge in [0.15, 0.2) is 0 Å². The van der Waals surface area contributed by atoms with Crippen LogP contribution in [0, 0.1) is 10.1 Å². The van der Waals surface area contributed by atoms with E-state index in [9.17, 15) is 10.1 Å². The molecule has 0 saturated carbocycles. The maximum absolute atomic E-state index is 11.7. The highest BCUT2D eigenvalue weighted by molar-refractivity contribution is 5.59. The molecule has 4 nitrogen and oxygen atoms in total. The van der Waals surface area contributed by atoms with Crippen molar-refractivity contribution in [1.29, 1.82) is 0 Å². The third-order valence-corrected chi connectivity index (χ3v) is 3.79. The normalized spacial score (nSPS) is 10.3. The zero-order valence-electron chi connectivity index (χ0n) is 13.1. The summed E-state index contributed by atoms with van der Waals surface area (Å²) in [6.45, 7) is 0.